The molecule has 1 aliphatic rings. The van der Waals surface area contributed by atoms with Crippen LogP contribution in [0.4, 0.5) is 0 Å². The first-order valence-electron chi connectivity index (χ1n) is 4.50. The standard InChI is InChI=1S/C9H12N2O2/c1-7-3-2-6-11(7)9(12)8-4-5-10-13-8/h4-5,7H,2-3,6H2,1H3. The van der Waals surface area contributed by atoms with E-state index in [9.17, 15) is 4.79 Å². The number of hydrogen-bond donors (Lipinski definition) is 0. The van der Waals surface area contributed by atoms with Crippen molar-refractivity contribution >= 4 is 5.91 Å². The van der Waals surface area contributed by atoms with Gasteiger partial charge in [-0.15, -0.1) is 0 Å². The Morgan fingerprint density at radius 1 is 1.77 bits per heavy atom. The summed E-state index contributed by atoms with van der Waals surface area (Å²) in [6.45, 7) is 2.89. The summed E-state index contributed by atoms with van der Waals surface area (Å²) in [5.74, 6) is 0.302. The molecule has 0 radical (unpaired) electrons. The Bertz CT molecular complexity index is 295. The van der Waals surface area contributed by atoms with Crippen molar-refractivity contribution in [1.29, 1.82) is 0 Å². The van der Waals surface area contributed by atoms with Crippen LogP contribution in [0.2, 0.25) is 0 Å². The molecule has 0 N–H and O–H groups in total. The largest absolute Gasteiger partial charge is 0.351 e. The van der Waals surface area contributed by atoms with Crippen molar-refractivity contribution in [3.8, 4) is 0 Å². The molecular formula is C9H12N2O2. The number of carbonyl (C=O) groups excluding carboxylic acids is 1. The highest BCUT2D eigenvalue weighted by molar-refractivity contribution is 5.91. The molecule has 1 aromatic heterocycles. The molecule has 0 spiro atoms. The van der Waals surface area contributed by atoms with Crippen molar-refractivity contribution in [3.63, 3.8) is 0 Å². The minimum absolute atomic E-state index is 0.0394. The van der Waals surface area contributed by atoms with E-state index in [1.54, 1.807) is 6.07 Å². The zero-order valence-electron chi connectivity index (χ0n) is 7.56. The lowest BCUT2D eigenvalue weighted by Crippen LogP contribution is -2.33. The SMILES string of the molecule is CC1CCCN1C(=O)c1ccno1. The van der Waals surface area contributed by atoms with Gasteiger partial charge in [0, 0.05) is 18.7 Å². The number of aromatic nitrogens is 1. The third-order valence-corrected chi connectivity index (χ3v) is 2.46. The van der Waals surface area contributed by atoms with Crippen LogP contribution in [0.1, 0.15) is 30.3 Å². The number of hydrogen-bond acceptors (Lipinski definition) is 3. The normalized spacial score (nSPS) is 22.2. The zero-order chi connectivity index (χ0) is 9.26. The van der Waals surface area contributed by atoms with Crippen LogP contribution in [0.25, 0.3) is 0 Å². The van der Waals surface area contributed by atoms with Gasteiger partial charge in [-0.05, 0) is 19.8 Å². The Kier molecular flexibility index (Phi) is 2.04. The molecule has 1 unspecified atom stereocenters. The van der Waals surface area contributed by atoms with Gasteiger partial charge in [-0.3, -0.25) is 4.79 Å². The fourth-order valence-corrected chi connectivity index (χ4v) is 1.70. The van der Waals surface area contributed by atoms with Crippen molar-refractivity contribution < 1.29 is 9.32 Å². The summed E-state index contributed by atoms with van der Waals surface area (Å²) in [7, 11) is 0. The Morgan fingerprint density at radius 2 is 2.62 bits per heavy atom. The lowest BCUT2D eigenvalue weighted by Gasteiger charge is -2.19. The predicted molar refractivity (Wildman–Crippen MR) is 46.2 cm³/mol. The molecule has 2 rings (SSSR count). The van der Waals surface area contributed by atoms with Crippen LogP contribution in [0.5, 0.6) is 0 Å². The molecule has 13 heavy (non-hydrogen) atoms. The predicted octanol–water partition coefficient (Wildman–Crippen LogP) is 1.30. The molecule has 1 aromatic rings. The Balaban J connectivity index is 2.13. The molecule has 1 atom stereocenters. The summed E-state index contributed by atoms with van der Waals surface area (Å²) < 4.78 is 4.81. The molecular weight excluding hydrogens is 168 g/mol. The molecule has 1 aliphatic heterocycles. The van der Waals surface area contributed by atoms with Crippen LogP contribution >= 0.6 is 0 Å². The summed E-state index contributed by atoms with van der Waals surface area (Å²) in [5.41, 5.74) is 0. The van der Waals surface area contributed by atoms with Crippen molar-refractivity contribution in [3.05, 3.63) is 18.0 Å². The lowest BCUT2D eigenvalue weighted by atomic mass is 10.2. The second-order valence-electron chi connectivity index (χ2n) is 3.37. The topological polar surface area (TPSA) is 46.3 Å². The van der Waals surface area contributed by atoms with Gasteiger partial charge in [-0.25, -0.2) is 0 Å². The molecule has 1 fully saturated rings. The van der Waals surface area contributed by atoms with Crippen LogP contribution in [-0.4, -0.2) is 28.6 Å². The maximum Gasteiger partial charge on any atom is 0.292 e. The first-order chi connectivity index (χ1) is 6.29. The van der Waals surface area contributed by atoms with Gasteiger partial charge in [0.05, 0.1) is 6.20 Å². The first-order valence-corrected chi connectivity index (χ1v) is 4.50. The van der Waals surface area contributed by atoms with E-state index >= 15 is 0 Å². The molecule has 1 amide bonds. The quantitative estimate of drug-likeness (QED) is 0.654. The summed E-state index contributed by atoms with van der Waals surface area (Å²) in [6, 6.07) is 1.94. The van der Waals surface area contributed by atoms with E-state index in [4.69, 9.17) is 4.52 Å². The molecule has 0 aromatic carbocycles. The highest BCUT2D eigenvalue weighted by Crippen LogP contribution is 2.18. The smallest absolute Gasteiger partial charge is 0.292 e. The Hall–Kier alpha value is -1.32. The van der Waals surface area contributed by atoms with Crippen LogP contribution in [-0.2, 0) is 0 Å². The van der Waals surface area contributed by atoms with Gasteiger partial charge in [0.25, 0.3) is 5.91 Å². The number of carbonyl (C=O) groups is 1. The minimum atomic E-state index is -0.0394. The van der Waals surface area contributed by atoms with Crippen LogP contribution in [0.3, 0.4) is 0 Å². The van der Waals surface area contributed by atoms with Gasteiger partial charge in [0.2, 0.25) is 5.76 Å². The van der Waals surface area contributed by atoms with E-state index in [-0.39, 0.29) is 5.91 Å². The van der Waals surface area contributed by atoms with Crippen molar-refractivity contribution in [2.75, 3.05) is 6.54 Å². The number of nitrogens with zero attached hydrogens (tertiary/aromatic N) is 2. The highest BCUT2D eigenvalue weighted by Gasteiger charge is 2.27. The molecule has 2 heterocycles. The maximum atomic E-state index is 11.7. The summed E-state index contributed by atoms with van der Waals surface area (Å²) >= 11 is 0. The summed E-state index contributed by atoms with van der Waals surface area (Å²) in [4.78, 5) is 13.5. The summed E-state index contributed by atoms with van der Waals surface area (Å²) in [5, 5.41) is 3.52. The van der Waals surface area contributed by atoms with E-state index < -0.39 is 0 Å². The number of rotatable bonds is 1. The third-order valence-electron chi connectivity index (χ3n) is 2.46. The van der Waals surface area contributed by atoms with Gasteiger partial charge >= 0.3 is 0 Å². The van der Waals surface area contributed by atoms with Crippen LogP contribution in [0.15, 0.2) is 16.8 Å². The van der Waals surface area contributed by atoms with E-state index in [0.29, 0.717) is 11.8 Å². The van der Waals surface area contributed by atoms with Gasteiger partial charge in [0.1, 0.15) is 0 Å². The van der Waals surface area contributed by atoms with Crippen molar-refractivity contribution in [2.24, 2.45) is 0 Å². The lowest BCUT2D eigenvalue weighted by molar-refractivity contribution is 0.0705. The number of likely N-dealkylation sites (tertiary alicyclic amines) is 1. The molecule has 4 heteroatoms. The fourth-order valence-electron chi connectivity index (χ4n) is 1.70. The van der Waals surface area contributed by atoms with Crippen molar-refractivity contribution in [2.45, 2.75) is 25.8 Å². The molecule has 0 saturated carbocycles. The van der Waals surface area contributed by atoms with Gasteiger partial charge in [-0.2, -0.15) is 0 Å². The maximum absolute atomic E-state index is 11.7. The second-order valence-corrected chi connectivity index (χ2v) is 3.37. The number of amides is 1. The van der Waals surface area contributed by atoms with E-state index in [1.165, 1.54) is 6.20 Å². The third kappa shape index (κ3) is 1.43. The van der Waals surface area contributed by atoms with E-state index in [2.05, 4.69) is 12.1 Å². The van der Waals surface area contributed by atoms with Gasteiger partial charge in [0.15, 0.2) is 0 Å². The monoisotopic (exact) mass is 180 g/mol. The Morgan fingerprint density at radius 3 is 3.15 bits per heavy atom. The molecule has 0 aliphatic carbocycles. The van der Waals surface area contributed by atoms with Crippen molar-refractivity contribution in [1.82, 2.24) is 10.1 Å². The van der Waals surface area contributed by atoms with Crippen LogP contribution < -0.4 is 0 Å². The summed E-state index contributed by atoms with van der Waals surface area (Å²) in [6.07, 6.45) is 3.66. The average molecular weight is 180 g/mol. The first kappa shape index (κ1) is 8.29. The fraction of sp³-hybridized carbons (Fsp3) is 0.556. The zero-order valence-corrected chi connectivity index (χ0v) is 7.56. The second kappa shape index (κ2) is 3.20. The molecule has 0 bridgehead atoms. The van der Waals surface area contributed by atoms with E-state index in [1.807, 2.05) is 4.90 Å². The molecule has 70 valence electrons. The van der Waals surface area contributed by atoms with Gasteiger partial charge in [-0.1, -0.05) is 5.16 Å². The molecule has 1 saturated heterocycles. The van der Waals surface area contributed by atoms with E-state index in [0.717, 1.165) is 19.4 Å². The minimum Gasteiger partial charge on any atom is -0.351 e. The highest BCUT2D eigenvalue weighted by atomic mass is 16.5. The molecule has 4 nitrogen and oxygen atoms in total. The Labute approximate surface area is 76.5 Å². The van der Waals surface area contributed by atoms with Crippen LogP contribution in [0, 0.1) is 0 Å². The van der Waals surface area contributed by atoms with Gasteiger partial charge < -0.3 is 9.42 Å². The average Bonchev–Trinajstić information content (AvgIpc) is 2.72.